The summed E-state index contributed by atoms with van der Waals surface area (Å²) in [5.74, 6) is 2.17. The van der Waals surface area contributed by atoms with Crippen LogP contribution in [0.15, 0.2) is 29.3 Å². The Kier molecular flexibility index (Phi) is 4.10. The fourth-order valence-corrected chi connectivity index (χ4v) is 4.65. The highest BCUT2D eigenvalue weighted by atomic mass is 32.2. The molecule has 5 nitrogen and oxygen atoms in total. The van der Waals surface area contributed by atoms with E-state index in [1.165, 1.54) is 15.8 Å². The molecule has 24 heavy (non-hydrogen) atoms. The Bertz CT molecular complexity index is 790. The third kappa shape index (κ3) is 2.74. The van der Waals surface area contributed by atoms with E-state index in [-0.39, 0.29) is 11.9 Å². The van der Waals surface area contributed by atoms with E-state index in [0.29, 0.717) is 5.92 Å². The van der Waals surface area contributed by atoms with E-state index in [0.717, 1.165) is 36.5 Å². The Morgan fingerprint density at radius 1 is 1.50 bits per heavy atom. The Hall–Kier alpha value is -1.79. The van der Waals surface area contributed by atoms with E-state index >= 15 is 0 Å². The predicted molar refractivity (Wildman–Crippen MR) is 95.1 cm³/mol. The number of likely N-dealkylation sites (tertiary alicyclic amines) is 1. The van der Waals surface area contributed by atoms with Gasteiger partial charge in [-0.25, -0.2) is 0 Å². The lowest BCUT2D eigenvalue weighted by Gasteiger charge is -2.41. The van der Waals surface area contributed by atoms with Crippen molar-refractivity contribution < 1.29 is 9.53 Å². The molecule has 2 aliphatic rings. The van der Waals surface area contributed by atoms with Crippen LogP contribution in [0.25, 0.3) is 10.9 Å². The van der Waals surface area contributed by atoms with E-state index in [1.807, 2.05) is 36.5 Å². The Labute approximate surface area is 145 Å². The highest BCUT2D eigenvalue weighted by Crippen LogP contribution is 2.38. The minimum atomic E-state index is -0.246. The summed E-state index contributed by atoms with van der Waals surface area (Å²) in [5, 5.41) is 1.17. The number of methoxy groups -OCH3 is 1. The monoisotopic (exact) mass is 342 g/mol. The molecule has 0 spiro atoms. The van der Waals surface area contributed by atoms with Gasteiger partial charge >= 0.3 is 0 Å². The summed E-state index contributed by atoms with van der Waals surface area (Å²) in [6.07, 6.45) is 4.96. The summed E-state index contributed by atoms with van der Waals surface area (Å²) < 4.78 is 5.37. The number of hydrogen-bond acceptors (Lipinski definition) is 5. The zero-order chi connectivity index (χ0) is 16.7. The van der Waals surface area contributed by atoms with Crippen LogP contribution in [0.5, 0.6) is 5.75 Å². The normalized spacial score (nSPS) is 23.5. The molecule has 0 aliphatic carbocycles. The number of fused-ring (bicyclic) bond motifs is 3. The summed E-state index contributed by atoms with van der Waals surface area (Å²) in [6, 6.07) is 5.85. The highest BCUT2D eigenvalue weighted by Gasteiger charge is 2.35. The largest absolute Gasteiger partial charge is 0.497 e. The predicted octanol–water partition coefficient (Wildman–Crippen LogP) is 1.88. The average Bonchev–Trinajstić information content (AvgIpc) is 2.57. The highest BCUT2D eigenvalue weighted by molar-refractivity contribution is 7.99. The van der Waals surface area contributed by atoms with Gasteiger partial charge in [-0.3, -0.25) is 14.7 Å². The van der Waals surface area contributed by atoms with Gasteiger partial charge in [-0.15, -0.1) is 11.8 Å². The van der Waals surface area contributed by atoms with Gasteiger partial charge in [0.1, 0.15) is 5.75 Å². The molecule has 1 aromatic carbocycles. The number of pyridine rings is 1. The number of amides is 1. The SMILES string of the molecule is COc1ccc2ncc3c(c2c1)CC(CN1C[CH]C1C(N)=O)CS3. The van der Waals surface area contributed by atoms with Crippen LogP contribution < -0.4 is 10.5 Å². The summed E-state index contributed by atoms with van der Waals surface area (Å²) in [6.45, 7) is 1.76. The second-order valence-electron chi connectivity index (χ2n) is 6.40. The number of benzene rings is 1. The number of ether oxygens (including phenoxy) is 1. The van der Waals surface area contributed by atoms with E-state index in [2.05, 4.69) is 16.0 Å². The van der Waals surface area contributed by atoms with Gasteiger partial charge in [-0.2, -0.15) is 0 Å². The molecule has 2 atom stereocenters. The van der Waals surface area contributed by atoms with Crippen molar-refractivity contribution in [3.05, 3.63) is 36.4 Å². The van der Waals surface area contributed by atoms with Gasteiger partial charge in [0, 0.05) is 41.7 Å². The van der Waals surface area contributed by atoms with Crippen LogP contribution in [-0.2, 0) is 11.2 Å². The van der Waals surface area contributed by atoms with Crippen LogP contribution in [0.3, 0.4) is 0 Å². The Morgan fingerprint density at radius 2 is 2.38 bits per heavy atom. The first-order valence-corrected chi connectivity index (χ1v) is 9.09. The molecule has 1 amide bonds. The Balaban J connectivity index is 1.59. The van der Waals surface area contributed by atoms with Gasteiger partial charge < -0.3 is 10.5 Å². The molecule has 1 saturated heterocycles. The molecule has 1 fully saturated rings. The van der Waals surface area contributed by atoms with Crippen molar-refractivity contribution in [1.29, 1.82) is 0 Å². The first-order chi connectivity index (χ1) is 11.7. The van der Waals surface area contributed by atoms with Crippen LogP contribution in [0.1, 0.15) is 5.56 Å². The van der Waals surface area contributed by atoms with Gasteiger partial charge in [0.05, 0.1) is 18.7 Å². The third-order valence-electron chi connectivity index (χ3n) is 4.86. The Morgan fingerprint density at radius 3 is 3.08 bits per heavy atom. The average molecular weight is 342 g/mol. The smallest absolute Gasteiger partial charge is 0.235 e. The number of thioether (sulfide) groups is 1. The summed E-state index contributed by atoms with van der Waals surface area (Å²) >= 11 is 1.85. The first kappa shape index (κ1) is 15.7. The van der Waals surface area contributed by atoms with E-state index in [1.54, 1.807) is 7.11 Å². The van der Waals surface area contributed by atoms with Crippen molar-refractivity contribution in [1.82, 2.24) is 9.88 Å². The summed E-state index contributed by atoms with van der Waals surface area (Å²) in [7, 11) is 1.69. The standard InChI is InChI=1S/C18H20N3O2S/c1-23-12-2-3-15-13(7-12)14-6-11(10-24-17(14)8-20-15)9-21-5-4-16(21)18(19)22/h2-4,7-8,11,16H,5-6,9-10H2,1H3,(H2,19,22). The molecule has 1 aromatic heterocycles. The van der Waals surface area contributed by atoms with Gasteiger partial charge in [0.15, 0.2) is 0 Å². The topological polar surface area (TPSA) is 68.4 Å². The molecule has 2 aliphatic heterocycles. The lowest BCUT2D eigenvalue weighted by molar-refractivity contribution is -0.124. The maximum atomic E-state index is 11.4. The molecule has 125 valence electrons. The molecule has 6 heteroatoms. The van der Waals surface area contributed by atoms with Crippen LogP contribution in [0, 0.1) is 12.3 Å². The van der Waals surface area contributed by atoms with Crippen molar-refractivity contribution in [2.75, 3.05) is 26.0 Å². The molecule has 2 unspecified atom stereocenters. The lowest BCUT2D eigenvalue weighted by atomic mass is 9.93. The molecule has 2 N–H and O–H groups in total. The molecule has 3 heterocycles. The summed E-state index contributed by atoms with van der Waals surface area (Å²) in [5.41, 5.74) is 7.79. The zero-order valence-electron chi connectivity index (χ0n) is 13.6. The second kappa shape index (κ2) is 6.26. The van der Waals surface area contributed by atoms with Crippen LogP contribution >= 0.6 is 11.8 Å². The van der Waals surface area contributed by atoms with E-state index in [9.17, 15) is 4.79 Å². The van der Waals surface area contributed by atoms with Crippen molar-refractivity contribution >= 4 is 28.6 Å². The van der Waals surface area contributed by atoms with Crippen molar-refractivity contribution in [3.63, 3.8) is 0 Å². The van der Waals surface area contributed by atoms with Crippen LogP contribution in [-0.4, -0.2) is 47.8 Å². The van der Waals surface area contributed by atoms with Gasteiger partial charge in [-0.1, -0.05) is 0 Å². The molecular formula is C18H20N3O2S. The number of carbonyl (C=O) groups excluding carboxylic acids is 1. The number of rotatable bonds is 4. The van der Waals surface area contributed by atoms with E-state index in [4.69, 9.17) is 10.5 Å². The van der Waals surface area contributed by atoms with Gasteiger partial charge in [-0.05, 0) is 36.1 Å². The summed E-state index contributed by atoms with van der Waals surface area (Å²) in [4.78, 5) is 19.4. The number of carbonyl (C=O) groups is 1. The second-order valence-corrected chi connectivity index (χ2v) is 7.46. The van der Waals surface area contributed by atoms with Gasteiger partial charge in [0.25, 0.3) is 0 Å². The fraction of sp³-hybridized carbons (Fsp3) is 0.389. The third-order valence-corrected chi connectivity index (χ3v) is 6.16. The van der Waals surface area contributed by atoms with E-state index < -0.39 is 0 Å². The van der Waals surface area contributed by atoms with Gasteiger partial charge in [0.2, 0.25) is 5.91 Å². The molecule has 4 rings (SSSR count). The first-order valence-electron chi connectivity index (χ1n) is 8.11. The molecule has 0 saturated carbocycles. The number of nitrogens with zero attached hydrogens (tertiary/aromatic N) is 2. The minimum absolute atomic E-state index is 0.189. The number of hydrogen-bond donors (Lipinski definition) is 1. The molecule has 1 radical (unpaired) electrons. The zero-order valence-corrected chi connectivity index (χ0v) is 14.4. The number of aromatic nitrogens is 1. The molecular weight excluding hydrogens is 322 g/mol. The van der Waals surface area contributed by atoms with Crippen LogP contribution in [0.2, 0.25) is 0 Å². The lowest BCUT2D eigenvalue weighted by Crippen LogP contribution is -2.57. The fourth-order valence-electron chi connectivity index (χ4n) is 3.52. The van der Waals surface area contributed by atoms with Crippen molar-refractivity contribution in [2.45, 2.75) is 17.4 Å². The number of nitrogens with two attached hydrogens (primary N) is 1. The maximum Gasteiger partial charge on any atom is 0.235 e. The molecule has 0 bridgehead atoms. The number of primary amides is 1. The van der Waals surface area contributed by atoms with Crippen LogP contribution in [0.4, 0.5) is 0 Å². The molecule has 2 aromatic rings. The minimum Gasteiger partial charge on any atom is -0.497 e. The van der Waals surface area contributed by atoms with Crippen molar-refractivity contribution in [3.8, 4) is 5.75 Å². The van der Waals surface area contributed by atoms with Crippen molar-refractivity contribution in [2.24, 2.45) is 11.7 Å². The quantitative estimate of drug-likeness (QED) is 0.919. The maximum absolute atomic E-state index is 11.4.